The fourth-order valence-corrected chi connectivity index (χ4v) is 1.41. The standard InChI is InChI=1S/C11H7NO2/c13-7-12-11-9-4-2-1-3-8(9)5-6-10(11)14/h1-6,14H. The largest absolute Gasteiger partial charge is 0.506 e. The van der Waals surface area contributed by atoms with Gasteiger partial charge in [0.1, 0.15) is 11.4 Å². The van der Waals surface area contributed by atoms with Crippen LogP contribution in [-0.2, 0) is 4.79 Å². The maximum atomic E-state index is 10.2. The maximum Gasteiger partial charge on any atom is 0.240 e. The van der Waals surface area contributed by atoms with Crippen LogP contribution < -0.4 is 0 Å². The van der Waals surface area contributed by atoms with E-state index >= 15 is 0 Å². The molecule has 0 aliphatic carbocycles. The number of hydrogen-bond acceptors (Lipinski definition) is 3. The fraction of sp³-hybridized carbons (Fsp3) is 0. The van der Waals surface area contributed by atoms with E-state index in [2.05, 4.69) is 4.99 Å². The van der Waals surface area contributed by atoms with Crippen molar-refractivity contribution in [1.82, 2.24) is 0 Å². The second kappa shape index (κ2) is 3.32. The van der Waals surface area contributed by atoms with Gasteiger partial charge in [-0.1, -0.05) is 30.3 Å². The minimum Gasteiger partial charge on any atom is -0.506 e. The number of rotatable bonds is 1. The van der Waals surface area contributed by atoms with Crippen molar-refractivity contribution in [2.24, 2.45) is 4.99 Å². The van der Waals surface area contributed by atoms with Crippen molar-refractivity contribution in [2.45, 2.75) is 0 Å². The molecular weight excluding hydrogens is 178 g/mol. The van der Waals surface area contributed by atoms with Crippen LogP contribution in [0.1, 0.15) is 0 Å². The SMILES string of the molecule is O=C=Nc1c(O)ccc2ccccc12. The van der Waals surface area contributed by atoms with Crippen LogP contribution in [0.5, 0.6) is 5.75 Å². The van der Waals surface area contributed by atoms with Crippen molar-refractivity contribution in [1.29, 1.82) is 0 Å². The summed E-state index contributed by atoms with van der Waals surface area (Å²) >= 11 is 0. The second-order valence-electron chi connectivity index (χ2n) is 2.86. The van der Waals surface area contributed by atoms with E-state index in [1.807, 2.05) is 18.2 Å². The first-order chi connectivity index (χ1) is 6.83. The van der Waals surface area contributed by atoms with Crippen LogP contribution in [0.25, 0.3) is 10.8 Å². The van der Waals surface area contributed by atoms with Crippen LogP contribution in [0.4, 0.5) is 5.69 Å². The van der Waals surface area contributed by atoms with E-state index in [4.69, 9.17) is 0 Å². The molecule has 0 spiro atoms. The van der Waals surface area contributed by atoms with Crippen molar-refractivity contribution < 1.29 is 9.90 Å². The number of hydrogen-bond donors (Lipinski definition) is 1. The molecule has 0 aliphatic heterocycles. The number of fused-ring (bicyclic) bond motifs is 1. The van der Waals surface area contributed by atoms with Gasteiger partial charge in [-0.05, 0) is 11.5 Å². The molecule has 0 unspecified atom stereocenters. The van der Waals surface area contributed by atoms with Gasteiger partial charge in [-0.3, -0.25) is 0 Å². The van der Waals surface area contributed by atoms with Gasteiger partial charge in [0.25, 0.3) is 0 Å². The Morgan fingerprint density at radius 3 is 2.71 bits per heavy atom. The van der Waals surface area contributed by atoms with Gasteiger partial charge in [-0.15, -0.1) is 0 Å². The van der Waals surface area contributed by atoms with Gasteiger partial charge in [0.05, 0.1) is 0 Å². The highest BCUT2D eigenvalue weighted by molar-refractivity contribution is 5.95. The Balaban J connectivity index is 2.89. The number of nitrogens with zero attached hydrogens (tertiary/aromatic N) is 1. The van der Waals surface area contributed by atoms with Gasteiger partial charge in [-0.25, -0.2) is 4.79 Å². The molecule has 0 amide bonds. The molecule has 2 aromatic rings. The zero-order valence-corrected chi connectivity index (χ0v) is 7.27. The molecule has 0 atom stereocenters. The van der Waals surface area contributed by atoms with Gasteiger partial charge < -0.3 is 5.11 Å². The smallest absolute Gasteiger partial charge is 0.240 e. The van der Waals surface area contributed by atoms with Gasteiger partial charge in [0.2, 0.25) is 6.08 Å². The lowest BCUT2D eigenvalue weighted by molar-refractivity contribution is 0.477. The van der Waals surface area contributed by atoms with E-state index in [1.54, 1.807) is 12.1 Å². The third kappa shape index (κ3) is 1.26. The van der Waals surface area contributed by atoms with Crippen molar-refractivity contribution in [3.8, 4) is 5.75 Å². The Bertz CT molecular complexity index is 528. The monoisotopic (exact) mass is 185 g/mol. The first-order valence-electron chi connectivity index (χ1n) is 4.11. The molecule has 0 aromatic heterocycles. The third-order valence-corrected chi connectivity index (χ3v) is 2.04. The minimum absolute atomic E-state index is 0.00736. The van der Waals surface area contributed by atoms with Gasteiger partial charge >= 0.3 is 0 Å². The normalized spacial score (nSPS) is 9.71. The van der Waals surface area contributed by atoms with Crippen LogP contribution >= 0.6 is 0 Å². The average molecular weight is 185 g/mol. The van der Waals surface area contributed by atoms with E-state index in [9.17, 15) is 9.90 Å². The topological polar surface area (TPSA) is 49.7 Å². The lowest BCUT2D eigenvalue weighted by Gasteiger charge is -2.01. The molecule has 0 aliphatic rings. The molecule has 3 heteroatoms. The van der Waals surface area contributed by atoms with E-state index < -0.39 is 0 Å². The highest BCUT2D eigenvalue weighted by Crippen LogP contribution is 2.34. The van der Waals surface area contributed by atoms with Crippen molar-refractivity contribution in [3.63, 3.8) is 0 Å². The van der Waals surface area contributed by atoms with Gasteiger partial charge in [0, 0.05) is 5.39 Å². The Labute approximate surface area is 80.3 Å². The summed E-state index contributed by atoms with van der Waals surface area (Å²) in [7, 11) is 0. The number of phenols is 1. The highest BCUT2D eigenvalue weighted by Gasteiger charge is 2.04. The molecule has 0 saturated heterocycles. The summed E-state index contributed by atoms with van der Waals surface area (Å²) in [5, 5.41) is 11.1. The fourth-order valence-electron chi connectivity index (χ4n) is 1.41. The van der Waals surface area contributed by atoms with Crippen molar-refractivity contribution in [3.05, 3.63) is 36.4 Å². The minimum atomic E-state index is -0.00736. The molecule has 1 N–H and O–H groups in total. The van der Waals surface area contributed by atoms with Crippen molar-refractivity contribution in [2.75, 3.05) is 0 Å². The molecule has 0 radical (unpaired) electrons. The van der Waals surface area contributed by atoms with Crippen molar-refractivity contribution >= 4 is 22.5 Å². The zero-order valence-electron chi connectivity index (χ0n) is 7.27. The third-order valence-electron chi connectivity index (χ3n) is 2.04. The molecule has 2 rings (SSSR count). The van der Waals surface area contributed by atoms with Crippen LogP contribution in [0.15, 0.2) is 41.4 Å². The molecule has 0 fully saturated rings. The Hall–Kier alpha value is -2.12. The maximum absolute atomic E-state index is 10.2. The van der Waals surface area contributed by atoms with Gasteiger partial charge in [-0.2, -0.15) is 4.99 Å². The lowest BCUT2D eigenvalue weighted by Crippen LogP contribution is -1.74. The molecule has 0 heterocycles. The summed E-state index contributed by atoms with van der Waals surface area (Å²) < 4.78 is 0. The van der Waals surface area contributed by atoms with E-state index in [0.717, 1.165) is 10.8 Å². The number of phenolic OH excluding ortho intramolecular Hbond substituents is 1. The van der Waals surface area contributed by atoms with E-state index in [0.29, 0.717) is 0 Å². The van der Waals surface area contributed by atoms with Gasteiger partial charge in [0.15, 0.2) is 0 Å². The Morgan fingerprint density at radius 1 is 1.14 bits per heavy atom. The number of aromatic hydroxyl groups is 1. The first-order valence-corrected chi connectivity index (χ1v) is 4.11. The number of aliphatic imine (C=N–C) groups is 1. The zero-order chi connectivity index (χ0) is 9.97. The molecule has 0 bridgehead atoms. The van der Waals surface area contributed by atoms with Crippen LogP contribution in [0.2, 0.25) is 0 Å². The molecule has 68 valence electrons. The quantitative estimate of drug-likeness (QED) is 0.548. The predicted molar refractivity (Wildman–Crippen MR) is 53.4 cm³/mol. The molecule has 0 saturated carbocycles. The Kier molecular flexibility index (Phi) is 2.01. The molecule has 3 nitrogen and oxygen atoms in total. The summed E-state index contributed by atoms with van der Waals surface area (Å²) in [6, 6.07) is 10.7. The summed E-state index contributed by atoms with van der Waals surface area (Å²) in [5.74, 6) is -0.00736. The molecule has 2 aromatic carbocycles. The van der Waals surface area contributed by atoms with Crippen LogP contribution in [0, 0.1) is 0 Å². The number of carbonyl (C=O) groups excluding carboxylic acids is 1. The molecular formula is C11H7NO2. The lowest BCUT2D eigenvalue weighted by atomic mass is 10.1. The van der Waals surface area contributed by atoms with Crippen LogP contribution in [-0.4, -0.2) is 11.2 Å². The highest BCUT2D eigenvalue weighted by atomic mass is 16.3. The Morgan fingerprint density at radius 2 is 1.93 bits per heavy atom. The second-order valence-corrected chi connectivity index (χ2v) is 2.86. The van der Waals surface area contributed by atoms with E-state index in [-0.39, 0.29) is 11.4 Å². The summed E-state index contributed by atoms with van der Waals surface area (Å²) in [6.45, 7) is 0. The summed E-state index contributed by atoms with van der Waals surface area (Å²) in [5.41, 5.74) is 0.276. The number of isocyanates is 1. The average Bonchev–Trinajstić information content (AvgIpc) is 2.23. The summed E-state index contributed by atoms with van der Waals surface area (Å²) in [4.78, 5) is 13.6. The predicted octanol–water partition coefficient (Wildman–Crippen LogP) is 2.51. The first kappa shape index (κ1) is 8.48. The number of benzene rings is 2. The molecule has 14 heavy (non-hydrogen) atoms. The summed E-state index contributed by atoms with van der Waals surface area (Å²) in [6.07, 6.45) is 1.43. The van der Waals surface area contributed by atoms with E-state index in [1.165, 1.54) is 12.1 Å². The van der Waals surface area contributed by atoms with Crippen LogP contribution in [0.3, 0.4) is 0 Å².